The quantitative estimate of drug-likeness (QED) is 0.839. The molecule has 0 radical (unpaired) electrons. The van der Waals surface area contributed by atoms with Gasteiger partial charge in [-0.25, -0.2) is 0 Å². The summed E-state index contributed by atoms with van der Waals surface area (Å²) in [7, 11) is 5.45. The third kappa shape index (κ3) is 4.70. The van der Waals surface area contributed by atoms with Crippen molar-refractivity contribution in [3.63, 3.8) is 0 Å². The molecule has 4 nitrogen and oxygen atoms in total. The summed E-state index contributed by atoms with van der Waals surface area (Å²) < 4.78 is 16.8. The second kappa shape index (κ2) is 8.37. The van der Waals surface area contributed by atoms with Gasteiger partial charge in [0.1, 0.15) is 5.75 Å². The highest BCUT2D eigenvalue weighted by Crippen LogP contribution is 2.25. The summed E-state index contributed by atoms with van der Waals surface area (Å²) in [6, 6.07) is 8.35. The highest BCUT2D eigenvalue weighted by atomic mass is 16.5. The van der Waals surface area contributed by atoms with Crippen LogP contribution in [0.25, 0.3) is 0 Å². The smallest absolute Gasteiger partial charge is 0.118 e. The second-order valence-electron chi connectivity index (χ2n) is 5.59. The van der Waals surface area contributed by atoms with E-state index in [1.807, 2.05) is 19.2 Å². The van der Waals surface area contributed by atoms with Gasteiger partial charge in [-0.15, -0.1) is 0 Å². The zero-order valence-electron chi connectivity index (χ0n) is 13.3. The largest absolute Gasteiger partial charge is 0.497 e. The van der Waals surface area contributed by atoms with Crippen molar-refractivity contribution >= 4 is 0 Å². The molecule has 1 saturated carbocycles. The molecule has 1 fully saturated rings. The summed E-state index contributed by atoms with van der Waals surface area (Å²) in [5.41, 5.74) is 1.22. The number of nitrogens with one attached hydrogen (secondary N) is 1. The van der Waals surface area contributed by atoms with E-state index in [-0.39, 0.29) is 6.04 Å². The molecule has 0 bridgehead atoms. The predicted octanol–water partition coefficient (Wildman–Crippen LogP) is 2.93. The van der Waals surface area contributed by atoms with Crippen molar-refractivity contribution in [1.82, 2.24) is 5.32 Å². The first-order chi connectivity index (χ1) is 10.3. The van der Waals surface area contributed by atoms with E-state index in [9.17, 15) is 0 Å². The molecule has 4 heteroatoms. The lowest BCUT2D eigenvalue weighted by molar-refractivity contribution is -0.0352. The van der Waals surface area contributed by atoms with Crippen molar-refractivity contribution in [2.24, 2.45) is 0 Å². The summed E-state index contributed by atoms with van der Waals surface area (Å²) in [6.07, 6.45) is 5.17. The molecule has 1 aliphatic rings. The first kappa shape index (κ1) is 16.3. The third-order valence-electron chi connectivity index (χ3n) is 4.28. The average Bonchev–Trinajstić information content (AvgIpc) is 2.56. The van der Waals surface area contributed by atoms with Gasteiger partial charge in [-0.2, -0.15) is 0 Å². The number of benzene rings is 1. The lowest BCUT2D eigenvalue weighted by Crippen LogP contribution is -2.31. The van der Waals surface area contributed by atoms with E-state index in [1.165, 1.54) is 12.0 Å². The Balaban J connectivity index is 1.86. The zero-order valence-corrected chi connectivity index (χ0v) is 13.3. The van der Waals surface area contributed by atoms with Gasteiger partial charge < -0.3 is 19.5 Å². The van der Waals surface area contributed by atoms with Gasteiger partial charge in [0.15, 0.2) is 0 Å². The Labute approximate surface area is 127 Å². The van der Waals surface area contributed by atoms with Gasteiger partial charge in [0.05, 0.1) is 32.0 Å². The van der Waals surface area contributed by atoms with E-state index in [0.29, 0.717) is 18.8 Å². The van der Waals surface area contributed by atoms with Crippen LogP contribution in [0.5, 0.6) is 5.75 Å². The fourth-order valence-electron chi connectivity index (χ4n) is 2.88. The molecule has 1 N–H and O–H groups in total. The van der Waals surface area contributed by atoms with Crippen LogP contribution in [-0.4, -0.2) is 40.1 Å². The van der Waals surface area contributed by atoms with Gasteiger partial charge >= 0.3 is 0 Å². The van der Waals surface area contributed by atoms with Crippen molar-refractivity contribution in [1.29, 1.82) is 0 Å². The van der Waals surface area contributed by atoms with Crippen molar-refractivity contribution < 1.29 is 14.2 Å². The molecule has 0 heterocycles. The third-order valence-corrected chi connectivity index (χ3v) is 4.28. The minimum Gasteiger partial charge on any atom is -0.497 e. The molecule has 1 aliphatic carbocycles. The van der Waals surface area contributed by atoms with Crippen LogP contribution < -0.4 is 10.1 Å². The summed E-state index contributed by atoms with van der Waals surface area (Å²) in [5, 5.41) is 3.32. The van der Waals surface area contributed by atoms with Gasteiger partial charge in [-0.1, -0.05) is 12.1 Å². The summed E-state index contributed by atoms with van der Waals surface area (Å²) in [5.74, 6) is 0.879. The molecule has 3 atom stereocenters. The van der Waals surface area contributed by atoms with Crippen LogP contribution in [0.3, 0.4) is 0 Å². The molecule has 21 heavy (non-hydrogen) atoms. The first-order valence-corrected chi connectivity index (χ1v) is 7.72. The number of hydrogen-bond acceptors (Lipinski definition) is 4. The molecule has 0 aliphatic heterocycles. The van der Waals surface area contributed by atoms with E-state index >= 15 is 0 Å². The maximum Gasteiger partial charge on any atom is 0.118 e. The number of hydrogen-bond donors (Lipinski definition) is 1. The van der Waals surface area contributed by atoms with Crippen molar-refractivity contribution in [2.75, 3.05) is 27.9 Å². The maximum atomic E-state index is 6.11. The first-order valence-electron chi connectivity index (χ1n) is 7.72. The van der Waals surface area contributed by atoms with E-state index in [1.54, 1.807) is 14.2 Å². The normalized spacial score (nSPS) is 23.8. The minimum absolute atomic E-state index is 0.207. The topological polar surface area (TPSA) is 39.7 Å². The van der Waals surface area contributed by atoms with Crippen LogP contribution in [0, 0.1) is 0 Å². The van der Waals surface area contributed by atoms with E-state index in [0.717, 1.165) is 25.0 Å². The van der Waals surface area contributed by atoms with E-state index < -0.39 is 0 Å². The highest BCUT2D eigenvalue weighted by molar-refractivity contribution is 5.29. The molecule has 3 unspecified atom stereocenters. The van der Waals surface area contributed by atoms with Crippen LogP contribution in [-0.2, 0) is 9.47 Å². The molecule has 1 aromatic carbocycles. The summed E-state index contributed by atoms with van der Waals surface area (Å²) >= 11 is 0. The number of methoxy groups -OCH3 is 2. The Morgan fingerprint density at radius 1 is 1.14 bits per heavy atom. The van der Waals surface area contributed by atoms with Crippen molar-refractivity contribution in [3.8, 4) is 5.75 Å². The molecular formula is C17H27NO3. The standard InChI is InChI=1S/C17H27NO3/c1-18-17(13-7-9-14(19-2)10-8-13)12-21-16-6-4-5-15(11-16)20-3/h7-10,15-18H,4-6,11-12H2,1-3H3. The number of rotatable bonds is 7. The van der Waals surface area contributed by atoms with Crippen LogP contribution in [0.2, 0.25) is 0 Å². The van der Waals surface area contributed by atoms with Crippen LogP contribution in [0.4, 0.5) is 0 Å². The molecule has 118 valence electrons. The van der Waals surface area contributed by atoms with Gasteiger partial charge in [0.25, 0.3) is 0 Å². The Morgan fingerprint density at radius 2 is 1.86 bits per heavy atom. The highest BCUT2D eigenvalue weighted by Gasteiger charge is 2.23. The molecule has 0 amide bonds. The summed E-state index contributed by atoms with van der Waals surface area (Å²) in [6.45, 7) is 0.684. The van der Waals surface area contributed by atoms with Gasteiger partial charge in [0, 0.05) is 7.11 Å². The Bertz CT molecular complexity index is 407. The molecule has 0 aromatic heterocycles. The molecule has 2 rings (SSSR count). The average molecular weight is 293 g/mol. The van der Waals surface area contributed by atoms with E-state index in [2.05, 4.69) is 17.4 Å². The lowest BCUT2D eigenvalue weighted by Gasteiger charge is -2.29. The maximum absolute atomic E-state index is 6.11. The SMILES string of the molecule is CNC(COC1CCCC(OC)C1)c1ccc(OC)cc1. The van der Waals surface area contributed by atoms with Crippen LogP contribution in [0.1, 0.15) is 37.3 Å². The van der Waals surface area contributed by atoms with Gasteiger partial charge in [-0.3, -0.25) is 0 Å². The fourth-order valence-corrected chi connectivity index (χ4v) is 2.88. The number of ether oxygens (including phenoxy) is 3. The van der Waals surface area contributed by atoms with Crippen molar-refractivity contribution in [3.05, 3.63) is 29.8 Å². The Morgan fingerprint density at radius 3 is 2.48 bits per heavy atom. The van der Waals surface area contributed by atoms with Gasteiger partial charge in [-0.05, 0) is 50.4 Å². The monoisotopic (exact) mass is 293 g/mol. The molecule has 0 saturated heterocycles. The predicted molar refractivity (Wildman–Crippen MR) is 83.8 cm³/mol. The lowest BCUT2D eigenvalue weighted by atomic mass is 9.95. The van der Waals surface area contributed by atoms with Crippen molar-refractivity contribution in [2.45, 2.75) is 43.9 Å². The Kier molecular flexibility index (Phi) is 6.49. The number of likely N-dealkylation sites (N-methyl/N-ethyl adjacent to an activating group) is 1. The van der Waals surface area contributed by atoms with Crippen LogP contribution >= 0.6 is 0 Å². The molecular weight excluding hydrogens is 266 g/mol. The minimum atomic E-state index is 0.207. The van der Waals surface area contributed by atoms with Crippen LogP contribution in [0.15, 0.2) is 24.3 Å². The fraction of sp³-hybridized carbons (Fsp3) is 0.647. The van der Waals surface area contributed by atoms with Gasteiger partial charge in [0.2, 0.25) is 0 Å². The second-order valence-corrected chi connectivity index (χ2v) is 5.59. The molecule has 0 spiro atoms. The Hall–Kier alpha value is -1.10. The zero-order chi connectivity index (χ0) is 15.1. The molecule has 1 aromatic rings. The van der Waals surface area contributed by atoms with E-state index in [4.69, 9.17) is 14.2 Å². The summed E-state index contributed by atoms with van der Waals surface area (Å²) in [4.78, 5) is 0.